The van der Waals surface area contributed by atoms with Gasteiger partial charge in [0.15, 0.2) is 0 Å². The van der Waals surface area contributed by atoms with Gasteiger partial charge in [0.2, 0.25) is 0 Å². The second kappa shape index (κ2) is 9.30. The molecule has 0 aromatic heterocycles. The number of nitrogens with one attached hydrogen (secondary N) is 1. The van der Waals surface area contributed by atoms with Crippen LogP contribution in [-0.4, -0.2) is 29.2 Å². The highest BCUT2D eigenvalue weighted by Crippen LogP contribution is 2.20. The Bertz CT molecular complexity index is 503. The molecule has 0 aliphatic rings. The first-order chi connectivity index (χ1) is 10.9. The van der Waals surface area contributed by atoms with Crippen LogP contribution in [0, 0.1) is 11.8 Å². The summed E-state index contributed by atoms with van der Waals surface area (Å²) in [5, 5.41) is 12.5. The minimum atomic E-state index is -0.666. The minimum absolute atomic E-state index is 0.0845. The van der Waals surface area contributed by atoms with Crippen molar-refractivity contribution in [3.8, 4) is 0 Å². The molecular formula is C18H27NO4. The Hall–Kier alpha value is -1.88. The van der Waals surface area contributed by atoms with E-state index in [1.165, 1.54) is 0 Å². The predicted molar refractivity (Wildman–Crippen MR) is 90.3 cm³/mol. The summed E-state index contributed by atoms with van der Waals surface area (Å²) in [6.07, 6.45) is -0.708. The lowest BCUT2D eigenvalue weighted by Gasteiger charge is -2.26. The van der Waals surface area contributed by atoms with Gasteiger partial charge >= 0.3 is 6.09 Å². The molecule has 1 aromatic carbocycles. The Morgan fingerprint density at radius 2 is 1.70 bits per heavy atom. The topological polar surface area (TPSA) is 75.6 Å². The second-order valence-corrected chi connectivity index (χ2v) is 5.80. The Labute approximate surface area is 138 Å². The van der Waals surface area contributed by atoms with Gasteiger partial charge in [0.25, 0.3) is 0 Å². The SMILES string of the molecule is CC[C@@H](O)[C@H](C)C(=O)[C@@H](C)[C@H](CC)OC(=O)Nc1ccccc1. The van der Waals surface area contributed by atoms with E-state index in [-0.39, 0.29) is 5.78 Å². The van der Waals surface area contributed by atoms with E-state index in [9.17, 15) is 14.7 Å². The molecule has 0 aliphatic heterocycles. The number of carbonyl (C=O) groups is 2. The molecule has 0 bridgehead atoms. The molecular weight excluding hydrogens is 294 g/mol. The smallest absolute Gasteiger partial charge is 0.411 e. The van der Waals surface area contributed by atoms with Crippen LogP contribution < -0.4 is 5.32 Å². The zero-order valence-corrected chi connectivity index (χ0v) is 14.3. The maximum atomic E-state index is 12.4. The van der Waals surface area contributed by atoms with Gasteiger partial charge in [-0.15, -0.1) is 0 Å². The van der Waals surface area contributed by atoms with Crippen LogP contribution in [0.2, 0.25) is 0 Å². The van der Waals surface area contributed by atoms with Gasteiger partial charge < -0.3 is 9.84 Å². The fourth-order valence-electron chi connectivity index (χ4n) is 2.49. The molecule has 23 heavy (non-hydrogen) atoms. The number of ketones is 1. The van der Waals surface area contributed by atoms with E-state index in [4.69, 9.17) is 4.74 Å². The van der Waals surface area contributed by atoms with Crippen molar-refractivity contribution in [2.75, 3.05) is 5.32 Å². The maximum Gasteiger partial charge on any atom is 0.411 e. The van der Waals surface area contributed by atoms with Gasteiger partial charge in [0, 0.05) is 11.6 Å². The van der Waals surface area contributed by atoms with Crippen LogP contribution in [0.4, 0.5) is 10.5 Å². The highest BCUT2D eigenvalue weighted by atomic mass is 16.6. The molecule has 5 heteroatoms. The van der Waals surface area contributed by atoms with Crippen molar-refractivity contribution in [2.24, 2.45) is 11.8 Å². The van der Waals surface area contributed by atoms with Gasteiger partial charge in [0.05, 0.1) is 12.0 Å². The first-order valence-corrected chi connectivity index (χ1v) is 8.15. The molecule has 1 rings (SSSR count). The second-order valence-electron chi connectivity index (χ2n) is 5.80. The fourth-order valence-corrected chi connectivity index (χ4v) is 2.49. The van der Waals surface area contributed by atoms with Crippen LogP contribution >= 0.6 is 0 Å². The third-order valence-electron chi connectivity index (χ3n) is 4.13. The van der Waals surface area contributed by atoms with E-state index >= 15 is 0 Å². The van der Waals surface area contributed by atoms with Crippen LogP contribution in [0.3, 0.4) is 0 Å². The van der Waals surface area contributed by atoms with Gasteiger partial charge in [-0.25, -0.2) is 4.79 Å². The zero-order chi connectivity index (χ0) is 17.4. The Kier molecular flexibility index (Phi) is 7.75. The third-order valence-corrected chi connectivity index (χ3v) is 4.13. The number of benzene rings is 1. The van der Waals surface area contributed by atoms with E-state index in [1.807, 2.05) is 32.0 Å². The van der Waals surface area contributed by atoms with E-state index in [2.05, 4.69) is 5.32 Å². The average molecular weight is 321 g/mol. The monoisotopic (exact) mass is 321 g/mol. The number of para-hydroxylation sites is 1. The Morgan fingerprint density at radius 1 is 1.09 bits per heavy atom. The molecule has 1 aromatic rings. The summed E-state index contributed by atoms with van der Waals surface area (Å²) in [7, 11) is 0. The number of aliphatic hydroxyl groups excluding tert-OH is 1. The number of hydrogen-bond acceptors (Lipinski definition) is 4. The number of aliphatic hydroxyl groups is 1. The fraction of sp³-hybridized carbons (Fsp3) is 0.556. The summed E-state index contributed by atoms with van der Waals surface area (Å²) in [4.78, 5) is 24.4. The van der Waals surface area contributed by atoms with Crippen molar-refractivity contribution in [3.63, 3.8) is 0 Å². The summed E-state index contributed by atoms with van der Waals surface area (Å²) >= 11 is 0. The summed E-state index contributed by atoms with van der Waals surface area (Å²) in [5.74, 6) is -1.01. The van der Waals surface area contributed by atoms with Crippen molar-refractivity contribution in [3.05, 3.63) is 30.3 Å². The molecule has 0 saturated heterocycles. The average Bonchev–Trinajstić information content (AvgIpc) is 2.57. The molecule has 4 atom stereocenters. The first-order valence-electron chi connectivity index (χ1n) is 8.15. The van der Waals surface area contributed by atoms with Crippen molar-refractivity contribution < 1.29 is 19.4 Å². The molecule has 0 aliphatic carbocycles. The molecule has 0 radical (unpaired) electrons. The largest absolute Gasteiger partial charge is 0.445 e. The van der Waals surface area contributed by atoms with Crippen LogP contribution in [0.15, 0.2) is 30.3 Å². The molecule has 0 fully saturated rings. The maximum absolute atomic E-state index is 12.4. The van der Waals surface area contributed by atoms with Crippen molar-refractivity contribution in [1.82, 2.24) is 0 Å². The number of hydrogen-bond donors (Lipinski definition) is 2. The van der Waals surface area contributed by atoms with Crippen molar-refractivity contribution in [2.45, 2.75) is 52.7 Å². The van der Waals surface area contributed by atoms with E-state index < -0.39 is 30.1 Å². The number of carbonyl (C=O) groups excluding carboxylic acids is 2. The minimum Gasteiger partial charge on any atom is -0.445 e. The molecule has 128 valence electrons. The van der Waals surface area contributed by atoms with Crippen molar-refractivity contribution in [1.29, 1.82) is 0 Å². The lowest BCUT2D eigenvalue weighted by atomic mass is 9.86. The van der Waals surface area contributed by atoms with E-state index in [0.717, 1.165) is 0 Å². The van der Waals surface area contributed by atoms with Crippen LogP contribution in [0.1, 0.15) is 40.5 Å². The third kappa shape index (κ3) is 5.67. The molecule has 0 unspecified atom stereocenters. The quantitative estimate of drug-likeness (QED) is 0.766. The molecule has 0 heterocycles. The van der Waals surface area contributed by atoms with Gasteiger partial charge in [-0.05, 0) is 25.0 Å². The standard InChI is InChI=1S/C18H27NO4/c1-5-15(20)12(3)17(21)13(4)16(6-2)23-18(22)19-14-10-8-7-9-11-14/h7-13,15-16,20H,5-6H2,1-4H3,(H,19,22)/t12-,13-,15+,16-/m0/s1. The number of ether oxygens (including phenoxy) is 1. The van der Waals surface area contributed by atoms with Gasteiger partial charge in [0.1, 0.15) is 11.9 Å². The van der Waals surface area contributed by atoms with Gasteiger partial charge in [-0.1, -0.05) is 45.9 Å². The summed E-state index contributed by atoms with van der Waals surface area (Å²) in [6.45, 7) is 7.15. The zero-order valence-electron chi connectivity index (χ0n) is 14.3. The lowest BCUT2D eigenvalue weighted by molar-refractivity contribution is -0.132. The number of amides is 1. The molecule has 5 nitrogen and oxygen atoms in total. The van der Waals surface area contributed by atoms with Crippen LogP contribution in [-0.2, 0) is 9.53 Å². The summed E-state index contributed by atoms with van der Waals surface area (Å²) in [6, 6.07) is 9.00. The number of Topliss-reactive ketones (excluding diaryl/α,β-unsaturated/α-hetero) is 1. The van der Waals surface area contributed by atoms with Crippen molar-refractivity contribution >= 4 is 17.6 Å². The summed E-state index contributed by atoms with van der Waals surface area (Å²) in [5.41, 5.74) is 0.640. The predicted octanol–water partition coefficient (Wildman–Crippen LogP) is 3.63. The van der Waals surface area contributed by atoms with Crippen LogP contribution in [0.5, 0.6) is 0 Å². The van der Waals surface area contributed by atoms with Gasteiger partial charge in [-0.2, -0.15) is 0 Å². The molecule has 1 amide bonds. The first kappa shape index (κ1) is 19.2. The van der Waals surface area contributed by atoms with Crippen LogP contribution in [0.25, 0.3) is 0 Å². The highest BCUT2D eigenvalue weighted by molar-refractivity contribution is 5.86. The summed E-state index contributed by atoms with van der Waals surface area (Å²) < 4.78 is 5.40. The molecule has 2 N–H and O–H groups in total. The number of anilines is 1. The van der Waals surface area contributed by atoms with Gasteiger partial charge in [-0.3, -0.25) is 10.1 Å². The lowest BCUT2D eigenvalue weighted by Crippen LogP contribution is -2.37. The Morgan fingerprint density at radius 3 is 2.22 bits per heavy atom. The molecule has 0 saturated carbocycles. The van der Waals surface area contributed by atoms with E-state index in [1.54, 1.807) is 26.0 Å². The normalized spacial score (nSPS) is 16.0. The van der Waals surface area contributed by atoms with E-state index in [0.29, 0.717) is 18.5 Å². The Balaban J connectivity index is 2.64. The highest BCUT2D eigenvalue weighted by Gasteiger charge is 2.31. The number of rotatable bonds is 8. The molecule has 0 spiro atoms.